The molecule has 5 heteroatoms. The highest BCUT2D eigenvalue weighted by Crippen LogP contribution is 2.22. The van der Waals surface area contributed by atoms with Gasteiger partial charge in [-0.2, -0.15) is 4.98 Å². The maximum Gasteiger partial charge on any atom is 0.228 e. The summed E-state index contributed by atoms with van der Waals surface area (Å²) < 4.78 is 10.8. The predicted molar refractivity (Wildman–Crippen MR) is 74.9 cm³/mol. The minimum Gasteiger partial charge on any atom is -0.373 e. The molecule has 5 nitrogen and oxygen atoms in total. The lowest BCUT2D eigenvalue weighted by Gasteiger charge is -2.19. The molecule has 0 fully saturated rings. The van der Waals surface area contributed by atoms with E-state index in [2.05, 4.69) is 50.1 Å². The van der Waals surface area contributed by atoms with Crippen LogP contribution in [0.3, 0.4) is 0 Å². The molecule has 19 heavy (non-hydrogen) atoms. The van der Waals surface area contributed by atoms with Crippen molar-refractivity contribution in [3.8, 4) is 0 Å². The molecular formula is C14H27N3O2. The molecule has 0 aromatic carbocycles. The van der Waals surface area contributed by atoms with Gasteiger partial charge in [-0.15, -0.1) is 0 Å². The number of nitrogens with one attached hydrogen (secondary N) is 1. The highest BCUT2D eigenvalue weighted by atomic mass is 16.5. The van der Waals surface area contributed by atoms with E-state index in [0.29, 0.717) is 29.6 Å². The lowest BCUT2D eigenvalue weighted by Crippen LogP contribution is -2.35. The van der Waals surface area contributed by atoms with Gasteiger partial charge >= 0.3 is 0 Å². The smallest absolute Gasteiger partial charge is 0.228 e. The number of nitrogens with zero attached hydrogens (tertiary/aromatic N) is 2. The summed E-state index contributed by atoms with van der Waals surface area (Å²) in [4.78, 5) is 4.46. The molecule has 0 aliphatic carbocycles. The Labute approximate surface area is 116 Å². The summed E-state index contributed by atoms with van der Waals surface area (Å²) >= 11 is 0. The topological polar surface area (TPSA) is 60.2 Å². The van der Waals surface area contributed by atoms with Crippen LogP contribution in [0.2, 0.25) is 0 Å². The largest absolute Gasteiger partial charge is 0.373 e. The van der Waals surface area contributed by atoms with Crippen LogP contribution in [0.1, 0.15) is 52.4 Å². The number of hydrogen-bond donors (Lipinski definition) is 1. The van der Waals surface area contributed by atoms with E-state index in [1.54, 1.807) is 7.11 Å². The maximum absolute atomic E-state index is 5.41. The molecule has 0 bridgehead atoms. The first kappa shape index (κ1) is 16.1. The molecule has 0 spiro atoms. The lowest BCUT2D eigenvalue weighted by atomic mass is 10.0. The molecule has 1 rings (SSSR count). The van der Waals surface area contributed by atoms with Gasteiger partial charge in [0.1, 0.15) is 6.10 Å². The molecule has 2 unspecified atom stereocenters. The zero-order valence-corrected chi connectivity index (χ0v) is 12.9. The van der Waals surface area contributed by atoms with Crippen LogP contribution in [-0.2, 0) is 11.2 Å². The fourth-order valence-electron chi connectivity index (χ4n) is 2.14. The summed E-state index contributed by atoms with van der Waals surface area (Å²) in [6.45, 7) is 11.6. The summed E-state index contributed by atoms with van der Waals surface area (Å²) in [7, 11) is 1.68. The highest BCUT2D eigenvalue weighted by Gasteiger charge is 2.23. The van der Waals surface area contributed by atoms with Gasteiger partial charge in [0.2, 0.25) is 11.7 Å². The third-order valence-electron chi connectivity index (χ3n) is 3.26. The molecule has 0 aliphatic heterocycles. The average Bonchev–Trinajstić information content (AvgIpc) is 2.77. The number of ether oxygens (including phenoxy) is 1. The van der Waals surface area contributed by atoms with E-state index < -0.39 is 0 Å². The van der Waals surface area contributed by atoms with Gasteiger partial charge in [-0.1, -0.05) is 39.8 Å². The number of hydrogen-bond acceptors (Lipinski definition) is 5. The van der Waals surface area contributed by atoms with Crippen LogP contribution in [-0.4, -0.2) is 29.8 Å². The molecule has 1 aromatic heterocycles. The van der Waals surface area contributed by atoms with Crippen molar-refractivity contribution in [3.63, 3.8) is 0 Å². The molecule has 0 saturated carbocycles. The molecule has 110 valence electrons. The predicted octanol–water partition coefficient (Wildman–Crippen LogP) is 2.59. The molecule has 0 aliphatic rings. The average molecular weight is 269 g/mol. The molecule has 1 aromatic rings. The Bertz CT molecular complexity index is 363. The molecular weight excluding hydrogens is 242 g/mol. The van der Waals surface area contributed by atoms with Gasteiger partial charge in [0, 0.05) is 19.6 Å². The van der Waals surface area contributed by atoms with E-state index in [1.165, 1.54) is 0 Å². The van der Waals surface area contributed by atoms with Crippen molar-refractivity contribution in [2.75, 3.05) is 13.7 Å². The van der Waals surface area contributed by atoms with E-state index >= 15 is 0 Å². The first-order valence-corrected chi connectivity index (χ1v) is 7.08. The van der Waals surface area contributed by atoms with Crippen molar-refractivity contribution in [2.24, 2.45) is 11.8 Å². The fourth-order valence-corrected chi connectivity index (χ4v) is 2.14. The van der Waals surface area contributed by atoms with Crippen LogP contribution in [0.5, 0.6) is 0 Å². The Morgan fingerprint density at radius 3 is 2.37 bits per heavy atom. The van der Waals surface area contributed by atoms with Crippen molar-refractivity contribution < 1.29 is 9.26 Å². The van der Waals surface area contributed by atoms with E-state index in [9.17, 15) is 0 Å². The minimum atomic E-state index is -0.103. The summed E-state index contributed by atoms with van der Waals surface area (Å²) in [6, 6.07) is 0.360. The third kappa shape index (κ3) is 4.58. The standard InChI is InChI=1S/C14H27N3O2/c1-7-15-11(9(2)3)8-12-16-14(17-19-12)13(18-6)10(4)5/h9-11,13,15H,7-8H2,1-6H3. The van der Waals surface area contributed by atoms with E-state index in [1.807, 2.05) is 0 Å². The highest BCUT2D eigenvalue weighted by molar-refractivity contribution is 4.95. The number of methoxy groups -OCH3 is 1. The second-order valence-electron chi connectivity index (χ2n) is 5.56. The molecule has 0 radical (unpaired) electrons. The Kier molecular flexibility index (Phi) is 6.45. The van der Waals surface area contributed by atoms with Gasteiger partial charge < -0.3 is 14.6 Å². The van der Waals surface area contributed by atoms with E-state index in [-0.39, 0.29) is 6.10 Å². The normalized spacial score (nSPS) is 15.2. The second-order valence-corrected chi connectivity index (χ2v) is 5.56. The van der Waals surface area contributed by atoms with Crippen LogP contribution in [0.4, 0.5) is 0 Å². The van der Waals surface area contributed by atoms with E-state index in [4.69, 9.17) is 9.26 Å². The zero-order chi connectivity index (χ0) is 14.4. The Hall–Kier alpha value is -0.940. The summed E-state index contributed by atoms with van der Waals surface area (Å²) in [5.41, 5.74) is 0. The zero-order valence-electron chi connectivity index (χ0n) is 12.9. The number of aromatic nitrogens is 2. The fraction of sp³-hybridized carbons (Fsp3) is 0.857. The van der Waals surface area contributed by atoms with Crippen LogP contribution in [0.25, 0.3) is 0 Å². The molecule has 1 heterocycles. The van der Waals surface area contributed by atoms with Crippen molar-refractivity contribution >= 4 is 0 Å². The van der Waals surface area contributed by atoms with Gasteiger partial charge in [-0.25, -0.2) is 0 Å². The number of rotatable bonds is 8. The first-order chi connectivity index (χ1) is 8.99. The van der Waals surface area contributed by atoms with Gasteiger partial charge in [0.05, 0.1) is 0 Å². The second kappa shape index (κ2) is 7.60. The van der Waals surface area contributed by atoms with E-state index in [0.717, 1.165) is 13.0 Å². The summed E-state index contributed by atoms with van der Waals surface area (Å²) in [6.07, 6.45) is 0.654. The van der Waals surface area contributed by atoms with Crippen LogP contribution < -0.4 is 5.32 Å². The van der Waals surface area contributed by atoms with Crippen LogP contribution >= 0.6 is 0 Å². The quantitative estimate of drug-likeness (QED) is 0.786. The molecule has 2 atom stereocenters. The summed E-state index contributed by atoms with van der Waals surface area (Å²) in [5.74, 6) is 2.17. The van der Waals surface area contributed by atoms with Crippen LogP contribution in [0, 0.1) is 11.8 Å². The molecule has 0 saturated heterocycles. The Morgan fingerprint density at radius 1 is 1.21 bits per heavy atom. The number of likely N-dealkylation sites (N-methyl/N-ethyl adjacent to an activating group) is 1. The minimum absolute atomic E-state index is 0.103. The lowest BCUT2D eigenvalue weighted by molar-refractivity contribution is 0.0555. The van der Waals surface area contributed by atoms with Gasteiger partial charge in [-0.05, 0) is 18.4 Å². The Morgan fingerprint density at radius 2 is 1.89 bits per heavy atom. The molecule has 0 amide bonds. The van der Waals surface area contributed by atoms with Gasteiger partial charge in [-0.3, -0.25) is 0 Å². The Balaban J connectivity index is 2.73. The van der Waals surface area contributed by atoms with Gasteiger partial charge in [0.25, 0.3) is 0 Å². The SMILES string of the molecule is CCNC(Cc1nc(C(OC)C(C)C)no1)C(C)C. The molecule has 1 N–H and O–H groups in total. The monoisotopic (exact) mass is 269 g/mol. The summed E-state index contributed by atoms with van der Waals surface area (Å²) in [5, 5.41) is 7.49. The van der Waals surface area contributed by atoms with Crippen molar-refractivity contribution in [2.45, 2.75) is 53.2 Å². The van der Waals surface area contributed by atoms with Gasteiger partial charge in [0.15, 0.2) is 0 Å². The van der Waals surface area contributed by atoms with Crippen molar-refractivity contribution in [1.82, 2.24) is 15.5 Å². The van der Waals surface area contributed by atoms with Crippen molar-refractivity contribution in [3.05, 3.63) is 11.7 Å². The first-order valence-electron chi connectivity index (χ1n) is 7.08. The maximum atomic E-state index is 5.41. The third-order valence-corrected chi connectivity index (χ3v) is 3.26. The van der Waals surface area contributed by atoms with Crippen LogP contribution in [0.15, 0.2) is 4.52 Å². The van der Waals surface area contributed by atoms with Crippen molar-refractivity contribution in [1.29, 1.82) is 0 Å².